The predicted octanol–water partition coefficient (Wildman–Crippen LogP) is 1.75. The molecule has 0 spiro atoms. The Morgan fingerprint density at radius 1 is 1.32 bits per heavy atom. The lowest BCUT2D eigenvalue weighted by molar-refractivity contribution is -0.152. The number of hydrogen-bond donors (Lipinski definition) is 1. The minimum atomic E-state index is -2.49. The van der Waals surface area contributed by atoms with Gasteiger partial charge in [0.15, 0.2) is 0 Å². The van der Waals surface area contributed by atoms with Gasteiger partial charge in [0.05, 0.1) is 19.1 Å². The molecule has 0 unspecified atom stereocenters. The highest BCUT2D eigenvalue weighted by Crippen LogP contribution is 2.58. The summed E-state index contributed by atoms with van der Waals surface area (Å²) in [6.45, 7) is 0.475. The van der Waals surface area contributed by atoms with Crippen LogP contribution in [0.5, 0.6) is 0 Å². The molecule has 2 heterocycles. The van der Waals surface area contributed by atoms with Gasteiger partial charge in [-0.05, 0) is 24.0 Å². The Hall–Kier alpha value is -2.74. The number of halogens is 1. The van der Waals surface area contributed by atoms with Crippen molar-refractivity contribution in [2.45, 2.75) is 42.6 Å². The van der Waals surface area contributed by atoms with Crippen LogP contribution in [-0.2, 0) is 19.1 Å². The van der Waals surface area contributed by atoms with E-state index in [2.05, 4.69) is 5.32 Å². The Balaban J connectivity index is 1.74. The number of esters is 1. The second-order valence-corrected chi connectivity index (χ2v) is 7.55. The Bertz CT molecular complexity index is 925. The lowest BCUT2D eigenvalue weighted by Gasteiger charge is -2.56. The Morgan fingerprint density at radius 2 is 2.07 bits per heavy atom. The highest BCUT2D eigenvalue weighted by Gasteiger charge is 2.69. The number of ether oxygens (including phenoxy) is 2. The van der Waals surface area contributed by atoms with Crippen molar-refractivity contribution in [2.24, 2.45) is 0 Å². The zero-order valence-electron chi connectivity index (χ0n) is 15.2. The van der Waals surface area contributed by atoms with E-state index in [4.69, 9.17) is 9.47 Å². The summed E-state index contributed by atoms with van der Waals surface area (Å²) in [5.74, 6) is -3.49. The summed E-state index contributed by atoms with van der Waals surface area (Å²) in [6.07, 6.45) is 2.37. The molecule has 8 heteroatoms. The highest BCUT2D eigenvalue weighted by atomic mass is 19.1. The molecule has 2 aliphatic heterocycles. The van der Waals surface area contributed by atoms with Crippen LogP contribution in [0.4, 0.5) is 9.18 Å². The van der Waals surface area contributed by atoms with Crippen molar-refractivity contribution in [3.8, 4) is 0 Å². The van der Waals surface area contributed by atoms with Gasteiger partial charge in [0.1, 0.15) is 6.23 Å². The maximum absolute atomic E-state index is 16.7. The van der Waals surface area contributed by atoms with Crippen LogP contribution in [0.25, 0.3) is 0 Å². The molecule has 1 aromatic rings. The maximum atomic E-state index is 16.7. The number of benzene rings is 1. The quantitative estimate of drug-likeness (QED) is 0.783. The van der Waals surface area contributed by atoms with E-state index in [0.29, 0.717) is 18.6 Å². The van der Waals surface area contributed by atoms with Crippen LogP contribution in [0.3, 0.4) is 0 Å². The normalized spacial score (nSPS) is 35.8. The van der Waals surface area contributed by atoms with Gasteiger partial charge in [-0.25, -0.2) is 14.0 Å². The van der Waals surface area contributed by atoms with Gasteiger partial charge in [-0.1, -0.05) is 30.3 Å². The van der Waals surface area contributed by atoms with Crippen molar-refractivity contribution in [2.75, 3.05) is 13.7 Å². The zero-order valence-corrected chi connectivity index (χ0v) is 15.2. The van der Waals surface area contributed by atoms with Crippen LogP contribution in [0, 0.1) is 0 Å². The van der Waals surface area contributed by atoms with Crippen molar-refractivity contribution < 1.29 is 28.2 Å². The smallest absolute Gasteiger partial charge is 0.334 e. The first-order valence-corrected chi connectivity index (χ1v) is 9.31. The van der Waals surface area contributed by atoms with Crippen molar-refractivity contribution >= 4 is 17.9 Å². The van der Waals surface area contributed by atoms with Crippen LogP contribution in [0.1, 0.15) is 35.8 Å². The first kappa shape index (κ1) is 17.4. The predicted molar refractivity (Wildman–Crippen MR) is 94.0 cm³/mol. The second-order valence-electron chi connectivity index (χ2n) is 7.55. The summed E-state index contributed by atoms with van der Waals surface area (Å²) in [7, 11) is 1.23. The molecule has 2 bridgehead atoms. The number of nitrogens with one attached hydrogen (secondary N) is 1. The third-order valence-corrected chi connectivity index (χ3v) is 6.27. The molecule has 146 valence electrons. The van der Waals surface area contributed by atoms with Gasteiger partial charge < -0.3 is 9.47 Å². The van der Waals surface area contributed by atoms with Crippen LogP contribution in [0.15, 0.2) is 35.9 Å². The molecular weight excluding hydrogens is 367 g/mol. The lowest BCUT2D eigenvalue weighted by atomic mass is 9.56. The Morgan fingerprint density at radius 3 is 2.75 bits per heavy atom. The van der Waals surface area contributed by atoms with Crippen LogP contribution in [-0.4, -0.2) is 54.5 Å². The second kappa shape index (κ2) is 5.88. The number of alkyl halides is 1. The summed E-state index contributed by atoms with van der Waals surface area (Å²) in [5.41, 5.74) is -0.992. The molecule has 2 fully saturated rings. The molecule has 1 aromatic carbocycles. The number of carbonyl (C=O) groups excluding carboxylic acids is 3. The van der Waals surface area contributed by atoms with Gasteiger partial charge in [-0.3, -0.25) is 15.0 Å². The van der Waals surface area contributed by atoms with Gasteiger partial charge in [-0.15, -0.1) is 0 Å². The van der Waals surface area contributed by atoms with Crippen molar-refractivity contribution in [3.63, 3.8) is 0 Å². The first-order chi connectivity index (χ1) is 13.5. The number of imide groups is 1. The van der Waals surface area contributed by atoms with Crippen molar-refractivity contribution in [3.05, 3.63) is 47.0 Å². The van der Waals surface area contributed by atoms with E-state index in [1.807, 2.05) is 12.1 Å². The van der Waals surface area contributed by atoms with Crippen molar-refractivity contribution in [1.82, 2.24) is 10.2 Å². The van der Waals surface area contributed by atoms with Gasteiger partial charge in [-0.2, -0.15) is 0 Å². The summed E-state index contributed by atoms with van der Waals surface area (Å²) < 4.78 is 27.2. The Kier molecular flexibility index (Phi) is 3.64. The van der Waals surface area contributed by atoms with E-state index in [0.717, 1.165) is 12.0 Å². The molecular formula is C20H19FN2O5. The standard InChI is InChI=1S/C20H19FN2O5/c1-27-17(24)13-9-12-10-5-2-3-6-11(10)15(13)20(21)16(12)23(14-7-4-8-28-14)19(26)22-18(20)25/h2-3,5-6,9,12,14-16H,4,7-8H2,1H3,(H,22,25,26)/t12-,14-,15-,16+,20+/m0/s1. The molecule has 6 rings (SSSR count). The average molecular weight is 386 g/mol. The fourth-order valence-electron chi connectivity index (χ4n) is 5.19. The number of rotatable bonds is 2. The Labute approximate surface area is 160 Å². The largest absolute Gasteiger partial charge is 0.466 e. The number of methoxy groups -OCH3 is 1. The molecule has 0 aromatic heterocycles. The fourth-order valence-corrected chi connectivity index (χ4v) is 5.19. The lowest BCUT2D eigenvalue weighted by Crippen LogP contribution is -2.75. The SMILES string of the molecule is COC(=O)C1=C[C@H]2c3ccccc3[C@@H]1[C@]1(F)C(=O)NC(=O)N([C@@H]3CCCO3)[C@H]21. The molecule has 3 amide bonds. The molecule has 7 nitrogen and oxygen atoms in total. The molecule has 2 saturated heterocycles. The third-order valence-electron chi connectivity index (χ3n) is 6.27. The summed E-state index contributed by atoms with van der Waals surface area (Å²) in [6, 6.07) is 5.41. The average Bonchev–Trinajstić information content (AvgIpc) is 3.22. The van der Waals surface area contributed by atoms with Crippen LogP contribution >= 0.6 is 0 Å². The number of carbonyl (C=O) groups is 3. The monoisotopic (exact) mass is 386 g/mol. The minimum Gasteiger partial charge on any atom is -0.466 e. The molecule has 5 aliphatic rings. The van der Waals surface area contributed by atoms with Crippen molar-refractivity contribution in [1.29, 1.82) is 0 Å². The number of urea groups is 1. The van der Waals surface area contributed by atoms with E-state index in [1.54, 1.807) is 18.2 Å². The number of nitrogens with zero attached hydrogens (tertiary/aromatic N) is 1. The summed E-state index contributed by atoms with van der Waals surface area (Å²) >= 11 is 0. The summed E-state index contributed by atoms with van der Waals surface area (Å²) in [5, 5.41) is 2.15. The minimum absolute atomic E-state index is 0.113. The molecule has 1 N–H and O–H groups in total. The number of hydrogen-bond acceptors (Lipinski definition) is 5. The van der Waals surface area contributed by atoms with E-state index in [1.165, 1.54) is 12.0 Å². The molecule has 0 radical (unpaired) electrons. The molecule has 3 aliphatic carbocycles. The summed E-state index contributed by atoms with van der Waals surface area (Å²) in [4.78, 5) is 39.2. The van der Waals surface area contributed by atoms with Crippen LogP contribution in [0.2, 0.25) is 0 Å². The van der Waals surface area contributed by atoms with Crippen LogP contribution < -0.4 is 5.32 Å². The fraction of sp³-hybridized carbons (Fsp3) is 0.450. The van der Waals surface area contributed by atoms with Gasteiger partial charge in [0.2, 0.25) is 5.67 Å². The van der Waals surface area contributed by atoms with E-state index < -0.39 is 47.7 Å². The highest BCUT2D eigenvalue weighted by molar-refractivity contribution is 6.06. The molecule has 5 atom stereocenters. The topological polar surface area (TPSA) is 84.9 Å². The maximum Gasteiger partial charge on any atom is 0.334 e. The number of amides is 3. The third kappa shape index (κ3) is 2.03. The van der Waals surface area contributed by atoms with Gasteiger partial charge in [0, 0.05) is 18.1 Å². The van der Waals surface area contributed by atoms with Gasteiger partial charge >= 0.3 is 12.0 Å². The first-order valence-electron chi connectivity index (χ1n) is 9.31. The zero-order chi connectivity index (χ0) is 19.6. The molecule has 0 saturated carbocycles. The van der Waals surface area contributed by atoms with E-state index in [9.17, 15) is 14.4 Å². The molecule has 28 heavy (non-hydrogen) atoms. The van der Waals surface area contributed by atoms with Gasteiger partial charge in [0.25, 0.3) is 5.91 Å². The van der Waals surface area contributed by atoms with E-state index >= 15 is 4.39 Å². The van der Waals surface area contributed by atoms with E-state index in [-0.39, 0.29) is 5.57 Å².